The summed E-state index contributed by atoms with van der Waals surface area (Å²) in [6.07, 6.45) is -2.23. The van der Waals surface area contributed by atoms with Crippen molar-refractivity contribution >= 4 is 12.0 Å². The van der Waals surface area contributed by atoms with Crippen LogP contribution < -0.4 is 5.73 Å². The van der Waals surface area contributed by atoms with Gasteiger partial charge in [0.1, 0.15) is 5.82 Å². The molecule has 0 saturated heterocycles. The van der Waals surface area contributed by atoms with E-state index in [1.54, 1.807) is 0 Å². The van der Waals surface area contributed by atoms with E-state index in [0.717, 1.165) is 12.1 Å². The summed E-state index contributed by atoms with van der Waals surface area (Å²) in [4.78, 5) is 10.4. The first kappa shape index (κ1) is 13.2. The number of hydrogen-bond acceptors (Lipinski definition) is 1. The lowest BCUT2D eigenvalue weighted by Gasteiger charge is -2.07. The molecule has 0 aliphatic carbocycles. The Kier molecular flexibility index (Phi) is 3.88. The van der Waals surface area contributed by atoms with Crippen molar-refractivity contribution in [2.75, 3.05) is 0 Å². The lowest BCUT2D eigenvalue weighted by Crippen LogP contribution is -2.08. The summed E-state index contributed by atoms with van der Waals surface area (Å²) >= 11 is 0. The fourth-order valence-electron chi connectivity index (χ4n) is 1.18. The van der Waals surface area contributed by atoms with Gasteiger partial charge < -0.3 is 5.73 Å². The lowest BCUT2D eigenvalue weighted by atomic mass is 10.1. The number of carbonyl (C=O) groups excluding carboxylic acids is 1. The molecule has 1 aromatic carbocycles. The van der Waals surface area contributed by atoms with Gasteiger partial charge in [-0.2, -0.15) is 13.2 Å². The maximum Gasteiger partial charge on any atom is 0.416 e. The maximum absolute atomic E-state index is 12.9. The third kappa shape index (κ3) is 4.26. The van der Waals surface area contributed by atoms with Crippen molar-refractivity contribution in [1.29, 1.82) is 0 Å². The van der Waals surface area contributed by atoms with E-state index in [4.69, 9.17) is 5.73 Å². The van der Waals surface area contributed by atoms with Gasteiger partial charge in [-0.25, -0.2) is 4.39 Å². The average molecular weight is 247 g/mol. The minimum atomic E-state index is -4.60. The Balaban J connectivity index is 2.98. The number of alkyl halides is 3. The van der Waals surface area contributed by atoms with E-state index in [1.165, 1.54) is 12.2 Å². The first-order valence-corrected chi connectivity index (χ1v) is 4.61. The standard InChI is InChI=1S/C11H9F4NO/c12-9-5-7(2-1-3-10(16)17)4-8(6-9)11(13,14)15/h1-2,4-6H,3H2,(H2,16,17). The van der Waals surface area contributed by atoms with Crippen LogP contribution in [0.4, 0.5) is 17.6 Å². The van der Waals surface area contributed by atoms with Crippen molar-refractivity contribution in [1.82, 2.24) is 0 Å². The normalized spacial score (nSPS) is 12.0. The van der Waals surface area contributed by atoms with Gasteiger partial charge in [-0.05, 0) is 23.8 Å². The van der Waals surface area contributed by atoms with Crippen LogP contribution in [-0.2, 0) is 11.0 Å². The Morgan fingerprint density at radius 1 is 1.29 bits per heavy atom. The average Bonchev–Trinajstić information content (AvgIpc) is 2.14. The smallest absolute Gasteiger partial charge is 0.369 e. The minimum absolute atomic E-state index is 0.0265. The number of hydrogen-bond donors (Lipinski definition) is 1. The Hall–Kier alpha value is -1.85. The molecule has 0 aliphatic rings. The van der Waals surface area contributed by atoms with Crippen molar-refractivity contribution in [2.45, 2.75) is 12.6 Å². The Labute approximate surface area is 94.7 Å². The molecule has 0 atom stereocenters. The van der Waals surface area contributed by atoms with Gasteiger partial charge in [0.05, 0.1) is 5.56 Å². The largest absolute Gasteiger partial charge is 0.416 e. The van der Waals surface area contributed by atoms with E-state index in [2.05, 4.69) is 0 Å². The molecular weight excluding hydrogens is 238 g/mol. The first-order valence-electron chi connectivity index (χ1n) is 4.61. The van der Waals surface area contributed by atoms with Crippen molar-refractivity contribution in [3.63, 3.8) is 0 Å². The van der Waals surface area contributed by atoms with Crippen molar-refractivity contribution < 1.29 is 22.4 Å². The topological polar surface area (TPSA) is 43.1 Å². The van der Waals surface area contributed by atoms with Gasteiger partial charge in [0.2, 0.25) is 5.91 Å². The van der Waals surface area contributed by atoms with Crippen LogP contribution in [0.25, 0.3) is 6.08 Å². The number of rotatable bonds is 3. The number of halogens is 4. The zero-order chi connectivity index (χ0) is 13.1. The van der Waals surface area contributed by atoms with E-state index in [-0.39, 0.29) is 12.0 Å². The summed E-state index contributed by atoms with van der Waals surface area (Å²) < 4.78 is 49.9. The molecule has 0 aromatic heterocycles. The molecule has 0 aliphatic heterocycles. The highest BCUT2D eigenvalue weighted by Crippen LogP contribution is 2.30. The van der Waals surface area contributed by atoms with Gasteiger partial charge in [0.15, 0.2) is 0 Å². The van der Waals surface area contributed by atoms with E-state index < -0.39 is 23.5 Å². The number of primary amides is 1. The lowest BCUT2D eigenvalue weighted by molar-refractivity contribution is -0.137. The molecular formula is C11H9F4NO. The molecule has 1 amide bonds. The molecule has 0 unspecified atom stereocenters. The molecule has 0 heterocycles. The van der Waals surface area contributed by atoms with Crippen LogP contribution in [0, 0.1) is 5.82 Å². The van der Waals surface area contributed by atoms with Gasteiger partial charge in [-0.15, -0.1) is 0 Å². The molecule has 1 aromatic rings. The highest BCUT2D eigenvalue weighted by molar-refractivity contribution is 5.76. The minimum Gasteiger partial charge on any atom is -0.369 e. The highest BCUT2D eigenvalue weighted by Gasteiger charge is 2.31. The fourth-order valence-corrected chi connectivity index (χ4v) is 1.18. The van der Waals surface area contributed by atoms with E-state index in [0.29, 0.717) is 6.07 Å². The van der Waals surface area contributed by atoms with Gasteiger partial charge in [0, 0.05) is 6.42 Å². The number of amides is 1. The molecule has 0 saturated carbocycles. The summed E-state index contributed by atoms with van der Waals surface area (Å²) in [6.45, 7) is 0. The number of carbonyl (C=O) groups is 1. The fraction of sp³-hybridized carbons (Fsp3) is 0.182. The molecule has 0 fully saturated rings. The van der Waals surface area contributed by atoms with Gasteiger partial charge in [-0.3, -0.25) is 4.79 Å². The molecule has 0 radical (unpaired) electrons. The molecule has 2 N–H and O–H groups in total. The monoisotopic (exact) mass is 247 g/mol. The summed E-state index contributed by atoms with van der Waals surface area (Å²) in [6, 6.07) is 2.14. The molecule has 6 heteroatoms. The zero-order valence-corrected chi connectivity index (χ0v) is 8.59. The second-order valence-corrected chi connectivity index (χ2v) is 3.34. The van der Waals surface area contributed by atoms with Crippen molar-refractivity contribution in [2.24, 2.45) is 5.73 Å². The quantitative estimate of drug-likeness (QED) is 0.820. The molecule has 17 heavy (non-hydrogen) atoms. The molecule has 92 valence electrons. The van der Waals surface area contributed by atoms with Gasteiger partial charge in [0.25, 0.3) is 0 Å². The maximum atomic E-state index is 12.9. The van der Waals surface area contributed by atoms with Crippen LogP contribution >= 0.6 is 0 Å². The van der Waals surface area contributed by atoms with Gasteiger partial charge >= 0.3 is 6.18 Å². The Bertz CT molecular complexity index is 451. The zero-order valence-electron chi connectivity index (χ0n) is 8.59. The van der Waals surface area contributed by atoms with Crippen LogP contribution in [0.1, 0.15) is 17.5 Å². The van der Waals surface area contributed by atoms with Crippen molar-refractivity contribution in [3.05, 3.63) is 41.2 Å². The van der Waals surface area contributed by atoms with Crippen molar-refractivity contribution in [3.8, 4) is 0 Å². The van der Waals surface area contributed by atoms with Crippen LogP contribution in [0.15, 0.2) is 24.3 Å². The van der Waals surface area contributed by atoms with Crippen LogP contribution in [0.2, 0.25) is 0 Å². The van der Waals surface area contributed by atoms with E-state index >= 15 is 0 Å². The van der Waals surface area contributed by atoms with E-state index in [9.17, 15) is 22.4 Å². The number of nitrogens with two attached hydrogens (primary N) is 1. The third-order valence-corrected chi connectivity index (χ3v) is 1.88. The summed E-state index contributed by atoms with van der Waals surface area (Å²) in [5, 5.41) is 0. The predicted molar refractivity (Wildman–Crippen MR) is 54.2 cm³/mol. The summed E-state index contributed by atoms with van der Waals surface area (Å²) in [5.74, 6) is -1.60. The Morgan fingerprint density at radius 3 is 2.47 bits per heavy atom. The second kappa shape index (κ2) is 4.99. The molecule has 1 rings (SSSR count). The summed E-state index contributed by atoms with van der Waals surface area (Å²) in [7, 11) is 0. The molecule has 0 spiro atoms. The molecule has 2 nitrogen and oxygen atoms in total. The first-order chi connectivity index (χ1) is 7.79. The molecule has 0 bridgehead atoms. The number of benzene rings is 1. The SMILES string of the molecule is NC(=O)CC=Cc1cc(F)cc(C(F)(F)F)c1. The van der Waals surface area contributed by atoms with Crippen LogP contribution in [0.3, 0.4) is 0 Å². The van der Waals surface area contributed by atoms with Crippen LogP contribution in [0.5, 0.6) is 0 Å². The second-order valence-electron chi connectivity index (χ2n) is 3.34. The highest BCUT2D eigenvalue weighted by atomic mass is 19.4. The van der Waals surface area contributed by atoms with Crippen LogP contribution in [-0.4, -0.2) is 5.91 Å². The Morgan fingerprint density at radius 2 is 1.94 bits per heavy atom. The van der Waals surface area contributed by atoms with Gasteiger partial charge in [-0.1, -0.05) is 12.2 Å². The summed E-state index contributed by atoms with van der Waals surface area (Å²) in [5.41, 5.74) is 3.79. The predicted octanol–water partition coefficient (Wildman–Crippen LogP) is 2.73. The third-order valence-electron chi connectivity index (χ3n) is 1.88. The van der Waals surface area contributed by atoms with E-state index in [1.807, 2.05) is 0 Å².